The van der Waals surface area contributed by atoms with Crippen molar-refractivity contribution >= 4 is 40.9 Å². The number of imide groups is 1. The molecule has 1 saturated carbocycles. The minimum atomic E-state index is -1.30. The Morgan fingerprint density at radius 3 is 2.56 bits per heavy atom. The van der Waals surface area contributed by atoms with E-state index in [-0.39, 0.29) is 18.2 Å². The number of Topliss-reactive ketones (excluding diaryl/α,β-unsaturated/α-hetero) is 1. The lowest BCUT2D eigenvalue weighted by molar-refractivity contribution is -0.135. The van der Waals surface area contributed by atoms with Gasteiger partial charge in [-0.15, -0.1) is 0 Å². The van der Waals surface area contributed by atoms with Crippen LogP contribution in [0.1, 0.15) is 44.6 Å². The number of nitrogens with zero attached hydrogens (tertiary/aromatic N) is 1. The van der Waals surface area contributed by atoms with E-state index >= 15 is 0 Å². The molecule has 0 radical (unpaired) electrons. The van der Waals surface area contributed by atoms with Crippen LogP contribution in [0, 0.1) is 5.92 Å². The molecule has 0 bridgehead atoms. The highest BCUT2D eigenvalue weighted by Gasteiger charge is 2.50. The molecule has 5 nitrogen and oxygen atoms in total. The molecule has 1 aliphatic carbocycles. The Morgan fingerprint density at radius 1 is 1.24 bits per heavy atom. The van der Waals surface area contributed by atoms with Crippen LogP contribution in [0.5, 0.6) is 0 Å². The predicted molar refractivity (Wildman–Crippen MR) is 95.6 cm³/mol. The third kappa shape index (κ3) is 3.40. The molecule has 1 heterocycles. The second-order valence-electron chi connectivity index (χ2n) is 6.87. The Morgan fingerprint density at radius 2 is 1.92 bits per heavy atom. The molecule has 1 saturated heterocycles. The normalized spacial score (nSPS) is 24.5. The Labute approximate surface area is 156 Å². The molecule has 25 heavy (non-hydrogen) atoms. The van der Waals surface area contributed by atoms with Gasteiger partial charge in [-0.25, -0.2) is 4.79 Å². The van der Waals surface area contributed by atoms with Crippen LogP contribution < -0.4 is 5.32 Å². The van der Waals surface area contributed by atoms with Gasteiger partial charge in [-0.1, -0.05) is 48.5 Å². The maximum Gasteiger partial charge on any atom is 0.325 e. The maximum absolute atomic E-state index is 12.9. The molecule has 1 atom stereocenters. The van der Waals surface area contributed by atoms with Crippen molar-refractivity contribution in [2.24, 2.45) is 5.92 Å². The molecule has 0 spiro atoms. The number of ketones is 1. The lowest BCUT2D eigenvalue weighted by Gasteiger charge is -2.24. The largest absolute Gasteiger partial charge is 0.325 e. The van der Waals surface area contributed by atoms with E-state index in [1.807, 2.05) is 0 Å². The first-order chi connectivity index (χ1) is 11.8. The number of rotatable bonds is 4. The summed E-state index contributed by atoms with van der Waals surface area (Å²) in [6.07, 6.45) is 4.86. The van der Waals surface area contributed by atoms with Crippen LogP contribution in [0.4, 0.5) is 4.79 Å². The molecule has 2 aliphatic rings. The lowest BCUT2D eigenvalue weighted by Crippen LogP contribution is -2.42. The molecule has 1 aromatic rings. The molecule has 134 valence electrons. The van der Waals surface area contributed by atoms with E-state index in [9.17, 15) is 14.4 Å². The second-order valence-corrected chi connectivity index (χ2v) is 7.72. The Kier molecular flexibility index (Phi) is 5.07. The van der Waals surface area contributed by atoms with E-state index in [1.54, 1.807) is 19.1 Å². The highest BCUT2D eigenvalue weighted by molar-refractivity contribution is 6.35. The average molecular weight is 383 g/mol. The number of urea groups is 1. The summed E-state index contributed by atoms with van der Waals surface area (Å²) in [6.45, 7) is 1.41. The second kappa shape index (κ2) is 6.96. The number of amides is 3. The number of carbonyl (C=O) groups is 3. The molecule has 1 aromatic carbocycles. The van der Waals surface area contributed by atoms with Crippen molar-refractivity contribution in [2.75, 3.05) is 6.54 Å². The minimum absolute atomic E-state index is 0.0466. The molecular weight excluding hydrogens is 363 g/mol. The molecule has 3 amide bonds. The van der Waals surface area contributed by atoms with Crippen molar-refractivity contribution in [1.82, 2.24) is 10.2 Å². The summed E-state index contributed by atoms with van der Waals surface area (Å²) in [4.78, 5) is 38.7. The molecule has 1 unspecified atom stereocenters. The zero-order chi connectivity index (χ0) is 18.2. The van der Waals surface area contributed by atoms with Gasteiger partial charge in [-0.3, -0.25) is 14.5 Å². The molecule has 7 heteroatoms. The zero-order valence-corrected chi connectivity index (χ0v) is 15.5. The van der Waals surface area contributed by atoms with E-state index in [2.05, 4.69) is 5.32 Å². The Bertz CT molecular complexity index is 731. The van der Waals surface area contributed by atoms with E-state index in [1.165, 1.54) is 6.07 Å². The van der Waals surface area contributed by atoms with Gasteiger partial charge < -0.3 is 5.32 Å². The summed E-state index contributed by atoms with van der Waals surface area (Å²) >= 11 is 12.1. The van der Waals surface area contributed by atoms with E-state index in [4.69, 9.17) is 23.2 Å². The van der Waals surface area contributed by atoms with Crippen LogP contribution in [0.15, 0.2) is 18.2 Å². The number of hydrogen-bond acceptors (Lipinski definition) is 3. The summed E-state index contributed by atoms with van der Waals surface area (Å²) in [7, 11) is 0. The quantitative estimate of drug-likeness (QED) is 0.802. The summed E-state index contributed by atoms with van der Waals surface area (Å²) < 4.78 is 0. The van der Waals surface area contributed by atoms with Gasteiger partial charge in [0, 0.05) is 21.5 Å². The fourth-order valence-corrected chi connectivity index (χ4v) is 4.23. The molecule has 3 rings (SSSR count). The van der Waals surface area contributed by atoms with Gasteiger partial charge in [-0.2, -0.15) is 0 Å². The van der Waals surface area contributed by atoms with Gasteiger partial charge in [0.2, 0.25) is 0 Å². The number of benzene rings is 1. The van der Waals surface area contributed by atoms with Gasteiger partial charge in [-0.05, 0) is 31.9 Å². The Balaban J connectivity index is 1.80. The van der Waals surface area contributed by atoms with Gasteiger partial charge >= 0.3 is 6.03 Å². The monoisotopic (exact) mass is 382 g/mol. The summed E-state index contributed by atoms with van der Waals surface area (Å²) in [5.41, 5.74) is -0.837. The predicted octanol–water partition coefficient (Wildman–Crippen LogP) is 3.91. The van der Waals surface area contributed by atoms with Crippen LogP contribution in [0.2, 0.25) is 10.0 Å². The van der Waals surface area contributed by atoms with Crippen molar-refractivity contribution in [3.63, 3.8) is 0 Å². The van der Waals surface area contributed by atoms with E-state index in [0.29, 0.717) is 15.6 Å². The smallest absolute Gasteiger partial charge is 0.319 e. The SMILES string of the molecule is CC1(c2ccc(Cl)cc2Cl)NC(=O)N(CC(=O)C2CCCCC2)C1=O. The van der Waals surface area contributed by atoms with Gasteiger partial charge in [0.05, 0.1) is 6.54 Å². The summed E-state index contributed by atoms with van der Waals surface area (Å²) in [5, 5.41) is 3.41. The van der Waals surface area contributed by atoms with Gasteiger partial charge in [0.25, 0.3) is 5.91 Å². The lowest BCUT2D eigenvalue weighted by atomic mass is 9.86. The number of halogens is 2. The van der Waals surface area contributed by atoms with Crippen molar-refractivity contribution in [3.05, 3.63) is 33.8 Å². The van der Waals surface area contributed by atoms with Crippen molar-refractivity contribution in [1.29, 1.82) is 0 Å². The number of hydrogen-bond donors (Lipinski definition) is 1. The molecule has 0 aromatic heterocycles. The van der Waals surface area contributed by atoms with Crippen molar-refractivity contribution < 1.29 is 14.4 Å². The van der Waals surface area contributed by atoms with E-state index in [0.717, 1.165) is 37.0 Å². The van der Waals surface area contributed by atoms with Gasteiger partial charge in [0.15, 0.2) is 5.78 Å². The summed E-state index contributed by atoms with van der Waals surface area (Å²) in [6, 6.07) is 4.19. The maximum atomic E-state index is 12.9. The molecule has 2 fully saturated rings. The standard InChI is InChI=1S/C18H20Cl2N2O3/c1-18(13-8-7-12(19)9-14(13)20)16(24)22(17(25)21-18)10-15(23)11-5-3-2-4-6-11/h7-9,11H,2-6,10H2,1H3,(H,21,25). The molecular formula is C18H20Cl2N2O3. The first kappa shape index (κ1) is 18.2. The van der Waals surface area contributed by atoms with Crippen LogP contribution in [0.25, 0.3) is 0 Å². The molecule has 1 N–H and O–H groups in total. The fourth-order valence-electron chi connectivity index (χ4n) is 3.63. The number of nitrogens with one attached hydrogen (secondary N) is 1. The topological polar surface area (TPSA) is 66.5 Å². The summed E-state index contributed by atoms with van der Waals surface area (Å²) in [5.74, 6) is -0.569. The third-order valence-corrected chi connectivity index (χ3v) is 5.67. The van der Waals surface area contributed by atoms with Gasteiger partial charge in [0.1, 0.15) is 5.54 Å². The zero-order valence-electron chi connectivity index (χ0n) is 14.0. The van der Waals surface area contributed by atoms with Crippen molar-refractivity contribution in [3.8, 4) is 0 Å². The molecule has 1 aliphatic heterocycles. The average Bonchev–Trinajstić information content (AvgIpc) is 2.79. The van der Waals surface area contributed by atoms with Crippen LogP contribution in [-0.2, 0) is 15.1 Å². The van der Waals surface area contributed by atoms with Crippen LogP contribution >= 0.6 is 23.2 Å². The Hall–Kier alpha value is -1.59. The first-order valence-corrected chi connectivity index (χ1v) is 9.21. The van der Waals surface area contributed by atoms with Crippen LogP contribution in [-0.4, -0.2) is 29.2 Å². The fraction of sp³-hybridized carbons (Fsp3) is 0.500. The van der Waals surface area contributed by atoms with Crippen molar-refractivity contribution in [2.45, 2.75) is 44.6 Å². The minimum Gasteiger partial charge on any atom is -0.319 e. The first-order valence-electron chi connectivity index (χ1n) is 8.45. The highest BCUT2D eigenvalue weighted by atomic mass is 35.5. The van der Waals surface area contributed by atoms with E-state index < -0.39 is 17.5 Å². The van der Waals surface area contributed by atoms with Crippen LogP contribution in [0.3, 0.4) is 0 Å². The number of carbonyl (C=O) groups excluding carboxylic acids is 3. The third-order valence-electron chi connectivity index (χ3n) is 5.12. The highest BCUT2D eigenvalue weighted by Crippen LogP contribution is 2.35.